The Bertz CT molecular complexity index is 428. The minimum absolute atomic E-state index is 0.0297. The van der Waals surface area contributed by atoms with Gasteiger partial charge in [-0.1, -0.05) is 13.3 Å². The van der Waals surface area contributed by atoms with Gasteiger partial charge in [0.2, 0.25) is 0 Å². The normalized spacial score (nSPS) is 35.2. The Kier molecular flexibility index (Phi) is 6.65. The van der Waals surface area contributed by atoms with Crippen molar-refractivity contribution in [1.82, 2.24) is 0 Å². The molecule has 2 fully saturated rings. The number of fused-ring (bicyclic) bond motifs is 1. The highest BCUT2D eigenvalue weighted by Crippen LogP contribution is 2.45. The fourth-order valence-corrected chi connectivity index (χ4v) is 4.01. The molecule has 2 aliphatic rings. The van der Waals surface area contributed by atoms with Gasteiger partial charge in [-0.05, 0) is 33.6 Å². The van der Waals surface area contributed by atoms with Crippen molar-refractivity contribution in [2.75, 3.05) is 19.4 Å². The number of hydrogen-bond acceptors (Lipinski definition) is 6. The van der Waals surface area contributed by atoms with Crippen LogP contribution in [-0.4, -0.2) is 54.7 Å². The molecule has 2 saturated heterocycles. The van der Waals surface area contributed by atoms with E-state index in [0.29, 0.717) is 13.0 Å². The fraction of sp³-hybridized carbons (Fsp3) is 1.00. The predicted molar refractivity (Wildman–Crippen MR) is 84.3 cm³/mol. The molecule has 136 valence electrons. The molecule has 0 aromatic carbocycles. The van der Waals surface area contributed by atoms with Gasteiger partial charge in [-0.15, -0.1) is 0 Å². The summed E-state index contributed by atoms with van der Waals surface area (Å²) in [6, 6.07) is 0. The molecule has 0 aliphatic carbocycles. The van der Waals surface area contributed by atoms with Crippen molar-refractivity contribution in [3.05, 3.63) is 0 Å². The SMILES string of the molecule is CCCCOC1C2OC(C)(C)O[C@H]2O[C@@H]1CCP(=O)(O)OCC. The average Bonchev–Trinajstić information content (AvgIpc) is 2.90. The topological polar surface area (TPSA) is 83.5 Å². The summed E-state index contributed by atoms with van der Waals surface area (Å²) in [5.74, 6) is -0.704. The Labute approximate surface area is 138 Å². The van der Waals surface area contributed by atoms with Crippen molar-refractivity contribution >= 4 is 7.60 Å². The lowest BCUT2D eigenvalue weighted by Crippen LogP contribution is -2.37. The lowest BCUT2D eigenvalue weighted by Gasteiger charge is -2.26. The van der Waals surface area contributed by atoms with Gasteiger partial charge in [0.05, 0.1) is 18.9 Å². The van der Waals surface area contributed by atoms with Crippen molar-refractivity contribution in [3.63, 3.8) is 0 Å². The van der Waals surface area contributed by atoms with Crippen LogP contribution in [0.5, 0.6) is 0 Å². The quantitative estimate of drug-likeness (QED) is 0.504. The van der Waals surface area contributed by atoms with E-state index in [2.05, 4.69) is 6.92 Å². The van der Waals surface area contributed by atoms with Gasteiger partial charge in [0.15, 0.2) is 12.1 Å². The van der Waals surface area contributed by atoms with Crippen LogP contribution in [0.25, 0.3) is 0 Å². The van der Waals surface area contributed by atoms with Gasteiger partial charge in [0.25, 0.3) is 0 Å². The molecule has 23 heavy (non-hydrogen) atoms. The molecule has 2 rings (SSSR count). The van der Waals surface area contributed by atoms with Gasteiger partial charge in [-0.3, -0.25) is 4.57 Å². The molecular weight excluding hydrogens is 323 g/mol. The zero-order chi connectivity index (χ0) is 17.1. The molecule has 1 N–H and O–H groups in total. The van der Waals surface area contributed by atoms with Crippen LogP contribution in [-0.2, 0) is 28.0 Å². The Morgan fingerprint density at radius 2 is 2.00 bits per heavy atom. The van der Waals surface area contributed by atoms with E-state index in [-0.39, 0.29) is 31.1 Å². The molecule has 0 radical (unpaired) electrons. The van der Waals surface area contributed by atoms with Crippen molar-refractivity contribution in [2.45, 2.75) is 77.3 Å². The molecule has 0 bridgehead atoms. The zero-order valence-corrected chi connectivity index (χ0v) is 15.3. The number of unbranched alkanes of at least 4 members (excludes halogenated alkanes) is 1. The standard InChI is InChI=1S/C15H29O7P/c1-5-7-9-18-12-11(8-10-23(16,17)19-6-2)20-14-13(12)21-15(3,4)22-14/h11-14H,5-10H2,1-4H3,(H,16,17)/t11-,12?,13?,14-/m1/s1. The Morgan fingerprint density at radius 1 is 1.26 bits per heavy atom. The molecule has 2 aliphatic heterocycles. The van der Waals surface area contributed by atoms with Crippen molar-refractivity contribution in [3.8, 4) is 0 Å². The largest absolute Gasteiger partial charge is 0.373 e. The van der Waals surface area contributed by atoms with Crippen LogP contribution in [0.3, 0.4) is 0 Å². The number of rotatable bonds is 9. The summed E-state index contributed by atoms with van der Waals surface area (Å²) in [7, 11) is -3.58. The van der Waals surface area contributed by atoms with E-state index >= 15 is 0 Å². The maximum absolute atomic E-state index is 11.9. The summed E-state index contributed by atoms with van der Waals surface area (Å²) in [5, 5.41) is 0. The summed E-state index contributed by atoms with van der Waals surface area (Å²) < 4.78 is 40.2. The molecule has 8 heteroatoms. The first-order valence-electron chi connectivity index (χ1n) is 8.37. The second kappa shape index (κ2) is 7.91. The van der Waals surface area contributed by atoms with Gasteiger partial charge < -0.3 is 28.4 Å². The van der Waals surface area contributed by atoms with Crippen LogP contribution in [0, 0.1) is 0 Å². The van der Waals surface area contributed by atoms with Crippen molar-refractivity contribution in [1.29, 1.82) is 0 Å². The average molecular weight is 352 g/mol. The molecule has 7 nitrogen and oxygen atoms in total. The summed E-state index contributed by atoms with van der Waals surface area (Å²) in [6.07, 6.45) is 0.943. The van der Waals surface area contributed by atoms with Gasteiger partial charge in [-0.25, -0.2) is 0 Å². The fourth-order valence-electron chi connectivity index (χ4n) is 2.90. The third-order valence-electron chi connectivity index (χ3n) is 3.92. The molecular formula is C15H29O7P. The van der Waals surface area contributed by atoms with E-state index in [9.17, 15) is 9.46 Å². The summed E-state index contributed by atoms with van der Waals surface area (Å²) in [4.78, 5) is 9.74. The molecule has 5 atom stereocenters. The minimum Gasteiger partial charge on any atom is -0.373 e. The van der Waals surface area contributed by atoms with Gasteiger partial charge >= 0.3 is 7.60 Å². The second-order valence-electron chi connectivity index (χ2n) is 6.40. The van der Waals surface area contributed by atoms with Crippen LogP contribution in [0.4, 0.5) is 0 Å². The molecule has 0 aromatic heterocycles. The molecule has 0 amide bonds. The first-order chi connectivity index (χ1) is 10.8. The van der Waals surface area contributed by atoms with E-state index in [1.54, 1.807) is 6.92 Å². The van der Waals surface area contributed by atoms with Crippen LogP contribution < -0.4 is 0 Å². The Hall–Kier alpha value is -0.0100. The minimum atomic E-state index is -3.58. The van der Waals surface area contributed by atoms with Crippen molar-refractivity contribution in [2.24, 2.45) is 0 Å². The van der Waals surface area contributed by atoms with Crippen molar-refractivity contribution < 1.29 is 32.9 Å². The third kappa shape index (κ3) is 5.23. The highest BCUT2D eigenvalue weighted by molar-refractivity contribution is 7.52. The molecule has 3 unspecified atom stereocenters. The van der Waals surface area contributed by atoms with Crippen LogP contribution >= 0.6 is 7.60 Å². The summed E-state index contributed by atoms with van der Waals surface area (Å²) in [6.45, 7) is 8.28. The lowest BCUT2D eigenvalue weighted by molar-refractivity contribution is -0.218. The Morgan fingerprint density at radius 3 is 2.65 bits per heavy atom. The smallest absolute Gasteiger partial charge is 0.328 e. The summed E-state index contributed by atoms with van der Waals surface area (Å²) >= 11 is 0. The van der Waals surface area contributed by atoms with E-state index in [1.807, 2.05) is 13.8 Å². The highest BCUT2D eigenvalue weighted by atomic mass is 31.2. The second-order valence-corrected chi connectivity index (χ2v) is 8.38. The maximum atomic E-state index is 11.9. The first kappa shape index (κ1) is 19.3. The van der Waals surface area contributed by atoms with Gasteiger partial charge in [0, 0.05) is 6.61 Å². The molecule has 0 spiro atoms. The maximum Gasteiger partial charge on any atom is 0.328 e. The molecule has 0 aromatic rings. The van der Waals surface area contributed by atoms with E-state index < -0.39 is 19.7 Å². The molecule has 2 heterocycles. The highest BCUT2D eigenvalue weighted by Gasteiger charge is 2.55. The lowest BCUT2D eigenvalue weighted by atomic mass is 10.1. The number of ether oxygens (including phenoxy) is 4. The van der Waals surface area contributed by atoms with E-state index in [1.165, 1.54) is 0 Å². The predicted octanol–water partition coefficient (Wildman–Crippen LogP) is 2.66. The third-order valence-corrected chi connectivity index (χ3v) is 5.41. The van der Waals surface area contributed by atoms with Crippen LogP contribution in [0.2, 0.25) is 0 Å². The van der Waals surface area contributed by atoms with E-state index in [0.717, 1.165) is 12.8 Å². The van der Waals surface area contributed by atoms with Gasteiger partial charge in [-0.2, -0.15) is 0 Å². The Balaban J connectivity index is 1.96. The van der Waals surface area contributed by atoms with Gasteiger partial charge in [0.1, 0.15) is 12.2 Å². The number of hydrogen-bond donors (Lipinski definition) is 1. The zero-order valence-electron chi connectivity index (χ0n) is 14.4. The molecule has 0 saturated carbocycles. The first-order valence-corrected chi connectivity index (χ1v) is 10.1. The van der Waals surface area contributed by atoms with Crippen LogP contribution in [0.1, 0.15) is 47.0 Å². The van der Waals surface area contributed by atoms with E-state index in [4.69, 9.17) is 23.5 Å². The summed E-state index contributed by atoms with van der Waals surface area (Å²) in [5.41, 5.74) is 0. The van der Waals surface area contributed by atoms with Crippen LogP contribution in [0.15, 0.2) is 0 Å². The monoisotopic (exact) mass is 352 g/mol.